The molecule has 0 spiro atoms. The molecular weight excluding hydrogens is 192 g/mol. The van der Waals surface area contributed by atoms with Crippen molar-refractivity contribution in [2.75, 3.05) is 5.75 Å². The molecule has 1 aliphatic heterocycles. The highest BCUT2D eigenvalue weighted by atomic mass is 32.2. The molecule has 0 unspecified atom stereocenters. The van der Waals surface area contributed by atoms with Crippen LogP contribution in [0.1, 0.15) is 25.8 Å². The summed E-state index contributed by atoms with van der Waals surface area (Å²) < 4.78 is 0. The second kappa shape index (κ2) is 3.03. The predicted octanol–water partition coefficient (Wildman–Crippen LogP) is 2.24. The Hall–Kier alpha value is -0.610. The van der Waals surface area contributed by atoms with E-state index in [4.69, 9.17) is 0 Å². The molecule has 2 rings (SSSR count). The highest BCUT2D eigenvalue weighted by Gasteiger charge is 2.20. The normalized spacial score (nSPS) is 15.8. The summed E-state index contributed by atoms with van der Waals surface area (Å²) in [5.74, 6) is 1.03. The molecule has 0 saturated carbocycles. The second-order valence-electron chi connectivity index (χ2n) is 2.48. The highest BCUT2D eigenvalue weighted by molar-refractivity contribution is 7.99. The van der Waals surface area contributed by atoms with Gasteiger partial charge in [0.05, 0.1) is 9.75 Å². The number of carbonyl (C=O) groups is 2. The van der Waals surface area contributed by atoms with E-state index in [2.05, 4.69) is 0 Å². The molecule has 0 aromatic carbocycles. The predicted molar refractivity (Wildman–Crippen MR) is 49.4 cm³/mol. The Kier molecular flexibility index (Phi) is 2.02. The zero-order valence-corrected chi connectivity index (χ0v) is 7.83. The number of carbonyl (C=O) groups excluding carboxylic acids is 2. The number of aldehydes is 1. The molecular formula is C8H6O2S2. The lowest BCUT2D eigenvalue weighted by atomic mass is 10.2. The third-order valence-corrected chi connectivity index (χ3v) is 3.95. The molecule has 0 N–H and O–H groups in total. The monoisotopic (exact) mass is 198 g/mol. The molecule has 0 saturated heterocycles. The van der Waals surface area contributed by atoms with Crippen LogP contribution in [0.3, 0.4) is 0 Å². The molecule has 0 atom stereocenters. The quantitative estimate of drug-likeness (QED) is 0.649. The fraction of sp³-hybridized carbons (Fsp3) is 0.250. The number of hydrogen-bond donors (Lipinski definition) is 0. The number of fused-ring (bicyclic) bond motifs is 1. The Morgan fingerprint density at radius 2 is 2.33 bits per heavy atom. The van der Waals surface area contributed by atoms with Crippen LogP contribution < -0.4 is 0 Å². The average molecular weight is 198 g/mol. The molecule has 4 heteroatoms. The molecule has 12 heavy (non-hydrogen) atoms. The van der Waals surface area contributed by atoms with Crippen molar-refractivity contribution >= 4 is 35.2 Å². The van der Waals surface area contributed by atoms with Crippen LogP contribution in [0.4, 0.5) is 0 Å². The Morgan fingerprint density at radius 3 is 3.00 bits per heavy atom. The fourth-order valence-corrected chi connectivity index (χ4v) is 3.29. The molecule has 0 aliphatic carbocycles. The maximum atomic E-state index is 11.3. The summed E-state index contributed by atoms with van der Waals surface area (Å²) in [6.45, 7) is 0. The summed E-state index contributed by atoms with van der Waals surface area (Å²) in [4.78, 5) is 24.1. The highest BCUT2D eigenvalue weighted by Crippen LogP contribution is 2.35. The lowest BCUT2D eigenvalue weighted by Crippen LogP contribution is -2.03. The number of Topliss-reactive ketones (excluding diaryl/α,β-unsaturated/α-hetero) is 1. The minimum atomic E-state index is 0.182. The van der Waals surface area contributed by atoms with Crippen molar-refractivity contribution in [1.82, 2.24) is 0 Å². The summed E-state index contributed by atoms with van der Waals surface area (Å²) in [6, 6.07) is 1.80. The first-order valence-corrected chi connectivity index (χ1v) is 5.36. The number of rotatable bonds is 1. The van der Waals surface area contributed by atoms with Crippen LogP contribution in [0.25, 0.3) is 0 Å². The zero-order valence-electron chi connectivity index (χ0n) is 6.20. The van der Waals surface area contributed by atoms with Crippen LogP contribution >= 0.6 is 23.1 Å². The molecule has 0 fully saturated rings. The maximum absolute atomic E-state index is 11.3. The van der Waals surface area contributed by atoms with Crippen molar-refractivity contribution < 1.29 is 9.59 Å². The maximum Gasteiger partial charge on any atom is 0.174 e. The molecule has 0 amide bonds. The van der Waals surface area contributed by atoms with E-state index in [1.54, 1.807) is 17.8 Å². The first-order chi connectivity index (χ1) is 5.81. The van der Waals surface area contributed by atoms with Gasteiger partial charge in [-0.3, -0.25) is 9.59 Å². The number of ketones is 1. The molecule has 0 bridgehead atoms. The van der Waals surface area contributed by atoms with E-state index in [-0.39, 0.29) is 5.78 Å². The first kappa shape index (κ1) is 8.01. The Balaban J connectivity index is 2.50. The van der Waals surface area contributed by atoms with Crippen LogP contribution in [0, 0.1) is 0 Å². The van der Waals surface area contributed by atoms with E-state index in [0.29, 0.717) is 11.3 Å². The Bertz CT molecular complexity index is 341. The third kappa shape index (κ3) is 1.21. The van der Waals surface area contributed by atoms with Gasteiger partial charge >= 0.3 is 0 Å². The van der Waals surface area contributed by atoms with Crippen LogP contribution in [0.5, 0.6) is 0 Å². The number of thiophene rings is 1. The number of hydrogen-bond acceptors (Lipinski definition) is 4. The van der Waals surface area contributed by atoms with Gasteiger partial charge in [0.15, 0.2) is 12.1 Å². The molecule has 2 heterocycles. The van der Waals surface area contributed by atoms with Gasteiger partial charge in [0.1, 0.15) is 0 Å². The topological polar surface area (TPSA) is 34.1 Å². The minimum Gasteiger partial charge on any atom is -0.297 e. The van der Waals surface area contributed by atoms with E-state index in [9.17, 15) is 9.59 Å². The van der Waals surface area contributed by atoms with Crippen molar-refractivity contribution in [1.29, 1.82) is 0 Å². The van der Waals surface area contributed by atoms with Gasteiger partial charge in [-0.05, 0) is 6.07 Å². The lowest BCUT2D eigenvalue weighted by molar-refractivity contribution is 0.0988. The average Bonchev–Trinajstić information content (AvgIpc) is 2.49. The van der Waals surface area contributed by atoms with Crippen molar-refractivity contribution in [3.05, 3.63) is 15.8 Å². The summed E-state index contributed by atoms with van der Waals surface area (Å²) in [5.41, 5.74) is 0. The molecule has 62 valence electrons. The molecule has 1 aliphatic rings. The first-order valence-electron chi connectivity index (χ1n) is 3.56. The fourth-order valence-electron chi connectivity index (χ4n) is 1.12. The van der Waals surface area contributed by atoms with Crippen molar-refractivity contribution in [2.45, 2.75) is 11.3 Å². The van der Waals surface area contributed by atoms with Gasteiger partial charge in [-0.25, -0.2) is 0 Å². The summed E-state index contributed by atoms with van der Waals surface area (Å²) in [6.07, 6.45) is 1.41. The van der Waals surface area contributed by atoms with Gasteiger partial charge in [-0.15, -0.1) is 23.1 Å². The zero-order chi connectivity index (χ0) is 8.55. The van der Waals surface area contributed by atoms with Crippen molar-refractivity contribution in [2.24, 2.45) is 0 Å². The van der Waals surface area contributed by atoms with Crippen LogP contribution in [0.15, 0.2) is 11.0 Å². The van der Waals surface area contributed by atoms with Gasteiger partial charge in [-0.1, -0.05) is 0 Å². The molecule has 1 aromatic rings. The van der Waals surface area contributed by atoms with E-state index < -0.39 is 0 Å². The van der Waals surface area contributed by atoms with Crippen molar-refractivity contribution in [3.8, 4) is 0 Å². The summed E-state index contributed by atoms with van der Waals surface area (Å²) in [7, 11) is 0. The number of thioether (sulfide) groups is 1. The van der Waals surface area contributed by atoms with Crippen LogP contribution in [-0.4, -0.2) is 17.8 Å². The largest absolute Gasteiger partial charge is 0.297 e. The Morgan fingerprint density at radius 1 is 1.50 bits per heavy atom. The Labute approximate surface area is 78.0 Å². The van der Waals surface area contributed by atoms with E-state index in [0.717, 1.165) is 21.8 Å². The SMILES string of the molecule is O=Cc1cc2c(s1)C(=O)CCS2. The lowest BCUT2D eigenvalue weighted by Gasteiger charge is -2.07. The van der Waals surface area contributed by atoms with Gasteiger partial charge in [0, 0.05) is 17.1 Å². The summed E-state index contributed by atoms with van der Waals surface area (Å²) in [5, 5.41) is 0. The smallest absolute Gasteiger partial charge is 0.174 e. The van der Waals surface area contributed by atoms with Crippen LogP contribution in [-0.2, 0) is 0 Å². The van der Waals surface area contributed by atoms with Gasteiger partial charge in [0.2, 0.25) is 0 Å². The minimum absolute atomic E-state index is 0.182. The van der Waals surface area contributed by atoms with E-state index in [1.807, 2.05) is 0 Å². The van der Waals surface area contributed by atoms with E-state index >= 15 is 0 Å². The third-order valence-electron chi connectivity index (χ3n) is 1.67. The standard InChI is InChI=1S/C8H6O2S2/c9-4-5-3-7-8(12-5)6(10)1-2-11-7/h3-4H,1-2H2. The summed E-state index contributed by atoms with van der Waals surface area (Å²) >= 11 is 2.96. The van der Waals surface area contributed by atoms with Gasteiger partial charge < -0.3 is 0 Å². The van der Waals surface area contributed by atoms with Crippen LogP contribution in [0.2, 0.25) is 0 Å². The van der Waals surface area contributed by atoms with Crippen molar-refractivity contribution in [3.63, 3.8) is 0 Å². The van der Waals surface area contributed by atoms with Gasteiger partial charge in [-0.2, -0.15) is 0 Å². The molecule has 1 aromatic heterocycles. The second-order valence-corrected chi connectivity index (χ2v) is 4.70. The molecule has 2 nitrogen and oxygen atoms in total. The van der Waals surface area contributed by atoms with Gasteiger partial charge in [0.25, 0.3) is 0 Å². The van der Waals surface area contributed by atoms with E-state index in [1.165, 1.54) is 11.3 Å². The molecule has 0 radical (unpaired) electrons.